The van der Waals surface area contributed by atoms with E-state index in [-0.39, 0.29) is 11.6 Å². The van der Waals surface area contributed by atoms with Gasteiger partial charge in [0.1, 0.15) is 11.6 Å². The number of carbonyl (C=O) groups excluding carboxylic acids is 2. The number of benzene rings is 1. The Morgan fingerprint density at radius 3 is 2.77 bits per heavy atom. The molecule has 0 saturated carbocycles. The molecule has 0 aliphatic carbocycles. The van der Waals surface area contributed by atoms with Crippen molar-refractivity contribution >= 4 is 23.5 Å². The number of hydrogen-bond donors (Lipinski definition) is 1. The van der Waals surface area contributed by atoms with E-state index in [0.29, 0.717) is 11.3 Å². The number of nitrogens with zero attached hydrogens (tertiary/aromatic N) is 1. The van der Waals surface area contributed by atoms with E-state index in [1.165, 1.54) is 18.4 Å². The highest BCUT2D eigenvalue weighted by atomic mass is 35.5. The number of halogens is 2. The van der Waals surface area contributed by atoms with Gasteiger partial charge in [0.15, 0.2) is 5.54 Å². The number of imide groups is 1. The standard InChI is InChI=1S/C15H12ClFN2O3/c1-15(12-3-2-6-22-12)13(20)19(14(21)18-15)8-9-4-5-10(17)7-11(9)16/h2-7H,8H2,1H3,(H,18,21)/t15-/m1/s1. The second-order valence-electron chi connectivity index (χ2n) is 5.16. The summed E-state index contributed by atoms with van der Waals surface area (Å²) in [6, 6.07) is 6.52. The van der Waals surface area contributed by atoms with Gasteiger partial charge in [0.25, 0.3) is 5.91 Å². The molecule has 0 unspecified atom stereocenters. The molecule has 114 valence electrons. The predicted molar refractivity (Wildman–Crippen MR) is 76.6 cm³/mol. The number of furan rings is 1. The second-order valence-corrected chi connectivity index (χ2v) is 5.57. The van der Waals surface area contributed by atoms with Crippen LogP contribution in [0.1, 0.15) is 18.2 Å². The van der Waals surface area contributed by atoms with Gasteiger partial charge in [-0.05, 0) is 36.8 Å². The number of amides is 3. The third-order valence-corrected chi connectivity index (χ3v) is 3.98. The summed E-state index contributed by atoms with van der Waals surface area (Å²) in [6.45, 7) is 1.53. The Morgan fingerprint density at radius 2 is 2.14 bits per heavy atom. The Morgan fingerprint density at radius 1 is 1.36 bits per heavy atom. The van der Waals surface area contributed by atoms with Crippen molar-refractivity contribution in [3.05, 3.63) is 58.8 Å². The van der Waals surface area contributed by atoms with Gasteiger partial charge in [0.2, 0.25) is 0 Å². The summed E-state index contributed by atoms with van der Waals surface area (Å²) >= 11 is 5.95. The topological polar surface area (TPSA) is 62.6 Å². The molecule has 5 nitrogen and oxygen atoms in total. The molecule has 1 N–H and O–H groups in total. The summed E-state index contributed by atoms with van der Waals surface area (Å²) in [7, 11) is 0. The average Bonchev–Trinajstić information content (AvgIpc) is 3.06. The van der Waals surface area contributed by atoms with E-state index in [1.54, 1.807) is 19.1 Å². The van der Waals surface area contributed by atoms with Crippen LogP contribution in [-0.4, -0.2) is 16.8 Å². The molecule has 2 heterocycles. The normalized spacial score (nSPS) is 21.3. The van der Waals surface area contributed by atoms with Crippen molar-refractivity contribution in [2.45, 2.75) is 19.0 Å². The van der Waals surface area contributed by atoms with E-state index in [0.717, 1.165) is 11.0 Å². The minimum atomic E-state index is -1.26. The Hall–Kier alpha value is -2.34. The SMILES string of the molecule is C[C@]1(c2ccco2)NC(=O)N(Cc2ccc(F)cc2Cl)C1=O. The highest BCUT2D eigenvalue weighted by Crippen LogP contribution is 2.31. The number of urea groups is 1. The third-order valence-electron chi connectivity index (χ3n) is 3.63. The molecule has 1 fully saturated rings. The molecule has 3 amide bonds. The zero-order valence-corrected chi connectivity index (χ0v) is 12.4. The smallest absolute Gasteiger partial charge is 0.325 e. The number of carbonyl (C=O) groups is 2. The maximum Gasteiger partial charge on any atom is 0.325 e. The van der Waals surface area contributed by atoms with Crippen LogP contribution in [-0.2, 0) is 16.9 Å². The van der Waals surface area contributed by atoms with E-state index in [4.69, 9.17) is 16.0 Å². The fourth-order valence-corrected chi connectivity index (χ4v) is 2.62. The lowest BCUT2D eigenvalue weighted by Gasteiger charge is -2.19. The molecule has 7 heteroatoms. The molecule has 22 heavy (non-hydrogen) atoms. The maximum absolute atomic E-state index is 13.1. The summed E-state index contributed by atoms with van der Waals surface area (Å²) in [5.41, 5.74) is -0.775. The Labute approximate surface area is 130 Å². The molecule has 0 bridgehead atoms. The molecular formula is C15H12ClFN2O3. The van der Waals surface area contributed by atoms with E-state index < -0.39 is 23.3 Å². The first-order valence-corrected chi connectivity index (χ1v) is 6.91. The monoisotopic (exact) mass is 322 g/mol. The van der Waals surface area contributed by atoms with Crippen LogP contribution in [0.5, 0.6) is 0 Å². The van der Waals surface area contributed by atoms with Gasteiger partial charge < -0.3 is 9.73 Å². The molecule has 1 atom stereocenters. The largest absolute Gasteiger partial charge is 0.466 e. The summed E-state index contributed by atoms with van der Waals surface area (Å²) in [5.74, 6) is -0.585. The van der Waals surface area contributed by atoms with Gasteiger partial charge in [0.05, 0.1) is 12.8 Å². The Kier molecular flexibility index (Phi) is 3.41. The Bertz CT molecular complexity index is 747. The Balaban J connectivity index is 1.89. The van der Waals surface area contributed by atoms with Gasteiger partial charge in [-0.3, -0.25) is 9.69 Å². The molecule has 1 aromatic heterocycles. The van der Waals surface area contributed by atoms with Crippen molar-refractivity contribution in [2.24, 2.45) is 0 Å². The van der Waals surface area contributed by atoms with Crippen molar-refractivity contribution in [3.63, 3.8) is 0 Å². The number of nitrogens with one attached hydrogen (secondary N) is 1. The lowest BCUT2D eigenvalue weighted by Crippen LogP contribution is -2.40. The first-order valence-electron chi connectivity index (χ1n) is 6.54. The second kappa shape index (κ2) is 5.14. The minimum absolute atomic E-state index is 0.0416. The third kappa shape index (κ3) is 2.25. The van der Waals surface area contributed by atoms with Gasteiger partial charge in [0, 0.05) is 5.02 Å². The van der Waals surface area contributed by atoms with E-state index in [1.807, 2.05) is 0 Å². The summed E-state index contributed by atoms with van der Waals surface area (Å²) < 4.78 is 18.3. The summed E-state index contributed by atoms with van der Waals surface area (Å²) in [4.78, 5) is 25.7. The van der Waals surface area contributed by atoms with Gasteiger partial charge in [-0.15, -0.1) is 0 Å². The van der Waals surface area contributed by atoms with Crippen LogP contribution in [0, 0.1) is 5.82 Å². The van der Waals surface area contributed by atoms with Crippen LogP contribution >= 0.6 is 11.6 Å². The minimum Gasteiger partial charge on any atom is -0.466 e. The van der Waals surface area contributed by atoms with E-state index in [9.17, 15) is 14.0 Å². The van der Waals surface area contributed by atoms with E-state index in [2.05, 4.69) is 5.32 Å². The van der Waals surface area contributed by atoms with Crippen molar-refractivity contribution in [1.29, 1.82) is 0 Å². The van der Waals surface area contributed by atoms with Crippen LogP contribution in [0.15, 0.2) is 41.0 Å². The van der Waals surface area contributed by atoms with Gasteiger partial charge in [-0.1, -0.05) is 17.7 Å². The molecule has 0 spiro atoms. The van der Waals surface area contributed by atoms with Crippen LogP contribution in [0.3, 0.4) is 0 Å². The van der Waals surface area contributed by atoms with Crippen LogP contribution in [0.2, 0.25) is 5.02 Å². The molecular weight excluding hydrogens is 311 g/mol. The fourth-order valence-electron chi connectivity index (χ4n) is 2.39. The van der Waals surface area contributed by atoms with Crippen molar-refractivity contribution in [1.82, 2.24) is 10.2 Å². The summed E-state index contributed by atoms with van der Waals surface area (Å²) in [6.07, 6.45) is 1.43. The van der Waals surface area contributed by atoms with Crippen molar-refractivity contribution in [3.8, 4) is 0 Å². The molecule has 1 aliphatic heterocycles. The lowest BCUT2D eigenvalue weighted by atomic mass is 9.99. The fraction of sp³-hybridized carbons (Fsp3) is 0.200. The highest BCUT2D eigenvalue weighted by molar-refractivity contribution is 6.31. The van der Waals surface area contributed by atoms with Gasteiger partial charge in [-0.25, -0.2) is 9.18 Å². The summed E-state index contributed by atoms with van der Waals surface area (Å²) in [5, 5.41) is 2.77. The molecule has 1 aliphatic rings. The van der Waals surface area contributed by atoms with Crippen molar-refractivity contribution < 1.29 is 18.4 Å². The van der Waals surface area contributed by atoms with E-state index >= 15 is 0 Å². The average molecular weight is 323 g/mol. The lowest BCUT2D eigenvalue weighted by molar-refractivity contribution is -0.132. The first kappa shape index (κ1) is 14.6. The molecule has 1 saturated heterocycles. The number of hydrogen-bond acceptors (Lipinski definition) is 3. The van der Waals surface area contributed by atoms with Gasteiger partial charge in [-0.2, -0.15) is 0 Å². The van der Waals surface area contributed by atoms with Crippen molar-refractivity contribution in [2.75, 3.05) is 0 Å². The molecule has 1 aromatic carbocycles. The van der Waals surface area contributed by atoms with Gasteiger partial charge >= 0.3 is 6.03 Å². The number of rotatable bonds is 3. The van der Waals surface area contributed by atoms with Crippen LogP contribution in [0.25, 0.3) is 0 Å². The quantitative estimate of drug-likeness (QED) is 0.883. The predicted octanol–water partition coefficient (Wildman–Crippen LogP) is 3.04. The molecule has 2 aromatic rings. The first-order chi connectivity index (χ1) is 10.4. The highest BCUT2D eigenvalue weighted by Gasteiger charge is 2.50. The van der Waals surface area contributed by atoms with Crippen LogP contribution in [0.4, 0.5) is 9.18 Å². The zero-order chi connectivity index (χ0) is 15.9. The zero-order valence-electron chi connectivity index (χ0n) is 11.6. The van der Waals surface area contributed by atoms with Crippen LogP contribution < -0.4 is 5.32 Å². The molecule has 0 radical (unpaired) electrons. The molecule has 3 rings (SSSR count). The maximum atomic E-state index is 13.1.